The van der Waals surface area contributed by atoms with E-state index in [1.807, 2.05) is 23.7 Å². The van der Waals surface area contributed by atoms with Crippen LogP contribution < -0.4 is 5.32 Å². The van der Waals surface area contributed by atoms with Crippen molar-refractivity contribution >= 4 is 5.91 Å². The highest BCUT2D eigenvalue weighted by Gasteiger charge is 2.26. The Morgan fingerprint density at radius 1 is 1.19 bits per heavy atom. The third-order valence-corrected chi connectivity index (χ3v) is 4.70. The highest BCUT2D eigenvalue weighted by Crippen LogP contribution is 2.24. The van der Waals surface area contributed by atoms with Gasteiger partial charge >= 0.3 is 0 Å². The van der Waals surface area contributed by atoms with Crippen LogP contribution in [-0.4, -0.2) is 26.7 Å². The van der Waals surface area contributed by atoms with E-state index in [1.54, 1.807) is 6.33 Å². The Morgan fingerprint density at radius 3 is 2.56 bits per heavy atom. The van der Waals surface area contributed by atoms with E-state index < -0.39 is 0 Å². The summed E-state index contributed by atoms with van der Waals surface area (Å²) >= 11 is 0. The number of hydrogen-bond acceptors (Lipinski definition) is 4. The predicted molar refractivity (Wildman–Crippen MR) is 103 cm³/mol. The van der Waals surface area contributed by atoms with Crippen molar-refractivity contribution in [3.63, 3.8) is 0 Å². The number of amides is 1. The van der Waals surface area contributed by atoms with Crippen molar-refractivity contribution in [1.29, 1.82) is 0 Å². The molecule has 0 aliphatic heterocycles. The number of nitrogens with one attached hydrogen (secondary N) is 1. The van der Waals surface area contributed by atoms with Crippen LogP contribution in [0.5, 0.6) is 0 Å². The molecule has 0 bridgehead atoms. The van der Waals surface area contributed by atoms with E-state index in [2.05, 4.69) is 53.5 Å². The largest absolute Gasteiger partial charge is 0.466 e. The van der Waals surface area contributed by atoms with Gasteiger partial charge in [0, 0.05) is 12.8 Å². The molecule has 27 heavy (non-hydrogen) atoms. The summed E-state index contributed by atoms with van der Waals surface area (Å²) in [6, 6.07) is 12.0. The van der Waals surface area contributed by atoms with Crippen molar-refractivity contribution in [2.75, 3.05) is 0 Å². The lowest BCUT2D eigenvalue weighted by molar-refractivity contribution is -0.122. The van der Waals surface area contributed by atoms with Gasteiger partial charge in [0.1, 0.15) is 24.2 Å². The van der Waals surface area contributed by atoms with Crippen LogP contribution in [0.1, 0.15) is 48.5 Å². The Hall–Kier alpha value is -2.89. The molecule has 1 aromatic carbocycles. The summed E-state index contributed by atoms with van der Waals surface area (Å²) in [6.45, 7) is 6.03. The van der Waals surface area contributed by atoms with Crippen molar-refractivity contribution in [1.82, 2.24) is 20.1 Å². The Labute approximate surface area is 159 Å². The number of carbonyl (C=O) groups excluding carboxylic acids is 1. The lowest BCUT2D eigenvalue weighted by Crippen LogP contribution is -2.41. The van der Waals surface area contributed by atoms with E-state index in [1.165, 1.54) is 11.9 Å². The molecule has 6 nitrogen and oxygen atoms in total. The molecule has 3 rings (SSSR count). The Morgan fingerprint density at radius 2 is 1.96 bits per heavy atom. The Bertz CT molecular complexity index is 853. The second-order valence-corrected chi connectivity index (χ2v) is 6.83. The number of aryl methyl sites for hydroxylation is 3. The molecular formula is C21H26N4O2. The smallest absolute Gasteiger partial charge is 0.220 e. The maximum atomic E-state index is 12.6. The zero-order valence-corrected chi connectivity index (χ0v) is 16.1. The van der Waals surface area contributed by atoms with Crippen molar-refractivity contribution in [2.45, 2.75) is 52.1 Å². The van der Waals surface area contributed by atoms with Gasteiger partial charge in [0.05, 0.1) is 12.1 Å². The van der Waals surface area contributed by atoms with Crippen molar-refractivity contribution in [3.05, 3.63) is 71.7 Å². The summed E-state index contributed by atoms with van der Waals surface area (Å²) in [6.07, 6.45) is 4.99. The van der Waals surface area contributed by atoms with Crippen LogP contribution in [0.25, 0.3) is 0 Å². The van der Waals surface area contributed by atoms with Gasteiger partial charge < -0.3 is 9.73 Å². The number of nitrogens with zero attached hydrogens (tertiary/aromatic N) is 3. The van der Waals surface area contributed by atoms with Gasteiger partial charge in [-0.25, -0.2) is 9.67 Å². The Balaban J connectivity index is 1.73. The molecule has 0 spiro atoms. The molecule has 1 amide bonds. The van der Waals surface area contributed by atoms with Gasteiger partial charge in [0.2, 0.25) is 5.91 Å². The zero-order chi connectivity index (χ0) is 19.2. The molecule has 2 aromatic heterocycles. The zero-order valence-electron chi connectivity index (χ0n) is 16.1. The summed E-state index contributed by atoms with van der Waals surface area (Å²) in [5.41, 5.74) is 2.29. The van der Waals surface area contributed by atoms with E-state index in [0.29, 0.717) is 12.8 Å². The van der Waals surface area contributed by atoms with Gasteiger partial charge in [-0.2, -0.15) is 5.10 Å². The average molecular weight is 366 g/mol. The molecule has 1 N–H and O–H groups in total. The summed E-state index contributed by atoms with van der Waals surface area (Å²) in [7, 11) is 0. The van der Waals surface area contributed by atoms with Crippen LogP contribution >= 0.6 is 0 Å². The maximum Gasteiger partial charge on any atom is 0.220 e. The monoisotopic (exact) mass is 366 g/mol. The molecule has 0 saturated carbocycles. The number of aromatic nitrogens is 3. The van der Waals surface area contributed by atoms with Crippen LogP contribution in [0.15, 0.2) is 53.5 Å². The lowest BCUT2D eigenvalue weighted by Gasteiger charge is -2.28. The number of hydrogen-bond donors (Lipinski definition) is 1. The van der Waals surface area contributed by atoms with Crippen LogP contribution in [0.2, 0.25) is 0 Å². The number of carbonyl (C=O) groups is 1. The quantitative estimate of drug-likeness (QED) is 0.661. The summed E-state index contributed by atoms with van der Waals surface area (Å²) in [5, 5.41) is 7.50. The van der Waals surface area contributed by atoms with E-state index >= 15 is 0 Å². The molecule has 142 valence electrons. The first-order valence-electron chi connectivity index (χ1n) is 9.32. The number of furan rings is 1. The van der Waals surface area contributed by atoms with Crippen molar-refractivity contribution in [3.8, 4) is 0 Å². The Kier molecular flexibility index (Phi) is 6.06. The van der Waals surface area contributed by atoms with E-state index in [4.69, 9.17) is 4.42 Å². The topological polar surface area (TPSA) is 73.0 Å². The normalized spacial score (nSPS) is 13.3. The predicted octanol–water partition coefficient (Wildman–Crippen LogP) is 3.60. The molecule has 0 unspecified atom stereocenters. The first-order chi connectivity index (χ1) is 13.1. The number of rotatable bonds is 8. The fourth-order valence-electron chi connectivity index (χ4n) is 3.23. The minimum absolute atomic E-state index is 0.00753. The van der Waals surface area contributed by atoms with Gasteiger partial charge in [-0.1, -0.05) is 36.8 Å². The minimum atomic E-state index is -0.104. The first kappa shape index (κ1) is 18.9. The highest BCUT2D eigenvalue weighted by molar-refractivity contribution is 5.76. The molecule has 0 fully saturated rings. The maximum absolute atomic E-state index is 12.6. The van der Waals surface area contributed by atoms with E-state index in [9.17, 15) is 4.79 Å². The van der Waals surface area contributed by atoms with Crippen LogP contribution in [-0.2, 0) is 11.2 Å². The van der Waals surface area contributed by atoms with Gasteiger partial charge in [0.15, 0.2) is 0 Å². The highest BCUT2D eigenvalue weighted by atomic mass is 16.3. The average Bonchev–Trinajstić information content (AvgIpc) is 3.33. The summed E-state index contributed by atoms with van der Waals surface area (Å²) in [5.74, 6) is 1.71. The fourth-order valence-corrected chi connectivity index (χ4v) is 3.23. The van der Waals surface area contributed by atoms with E-state index in [0.717, 1.165) is 23.5 Å². The van der Waals surface area contributed by atoms with Gasteiger partial charge in [-0.05, 0) is 38.0 Å². The van der Waals surface area contributed by atoms with Crippen molar-refractivity contribution in [2.24, 2.45) is 0 Å². The summed E-state index contributed by atoms with van der Waals surface area (Å²) < 4.78 is 7.36. The summed E-state index contributed by atoms with van der Waals surface area (Å²) in [4.78, 5) is 16.6. The molecular weight excluding hydrogens is 340 g/mol. The SMILES string of the molecule is CC[C@@H](NC(=O)CCc1ccc(C)o1)[C@@H](c1ccc(C)cc1)n1cncn1. The number of benzene rings is 1. The fraction of sp³-hybridized carbons (Fsp3) is 0.381. The molecule has 0 saturated heterocycles. The lowest BCUT2D eigenvalue weighted by atomic mass is 9.96. The molecule has 0 aliphatic rings. The third kappa shape index (κ3) is 4.84. The van der Waals surface area contributed by atoms with Gasteiger partial charge in [-0.15, -0.1) is 0 Å². The van der Waals surface area contributed by atoms with E-state index in [-0.39, 0.29) is 18.0 Å². The van der Waals surface area contributed by atoms with Gasteiger partial charge in [-0.3, -0.25) is 4.79 Å². The first-order valence-corrected chi connectivity index (χ1v) is 9.32. The molecule has 0 aliphatic carbocycles. The minimum Gasteiger partial charge on any atom is -0.466 e. The van der Waals surface area contributed by atoms with Gasteiger partial charge in [0.25, 0.3) is 0 Å². The van der Waals surface area contributed by atoms with Crippen LogP contribution in [0.3, 0.4) is 0 Å². The third-order valence-electron chi connectivity index (χ3n) is 4.70. The standard InChI is InChI=1S/C21H26N4O2/c1-4-19(24-20(26)12-11-18-10-7-16(3)27-18)21(25-14-22-13-23-25)17-8-5-15(2)6-9-17/h5-10,13-14,19,21H,4,11-12H2,1-3H3,(H,24,26)/t19-,21-/m1/s1. The second-order valence-electron chi connectivity index (χ2n) is 6.83. The molecule has 6 heteroatoms. The molecule has 3 aromatic rings. The van der Waals surface area contributed by atoms with Crippen LogP contribution in [0, 0.1) is 13.8 Å². The van der Waals surface area contributed by atoms with Crippen LogP contribution in [0.4, 0.5) is 0 Å². The molecule has 0 radical (unpaired) electrons. The van der Waals surface area contributed by atoms with Crippen molar-refractivity contribution < 1.29 is 9.21 Å². The molecule has 2 heterocycles. The molecule has 2 atom stereocenters. The second kappa shape index (κ2) is 8.66.